The van der Waals surface area contributed by atoms with E-state index in [4.69, 9.17) is 4.74 Å². The van der Waals surface area contributed by atoms with Crippen LogP contribution in [-0.4, -0.2) is 30.0 Å². The molecule has 1 aliphatic rings. The highest BCUT2D eigenvalue weighted by Gasteiger charge is 2.38. The zero-order valence-electron chi connectivity index (χ0n) is 18.0. The summed E-state index contributed by atoms with van der Waals surface area (Å²) in [6, 6.07) is 5.71. The molecule has 2 aromatic carbocycles. The Morgan fingerprint density at radius 1 is 1.18 bits per heavy atom. The van der Waals surface area contributed by atoms with Gasteiger partial charge in [-0.1, -0.05) is 13.0 Å². The van der Waals surface area contributed by atoms with Gasteiger partial charge in [0.2, 0.25) is 5.91 Å². The molecular weight excluding hydrogens is 471 g/mol. The molecule has 176 valence electrons. The van der Waals surface area contributed by atoms with Crippen LogP contribution in [0.25, 0.3) is 0 Å². The van der Waals surface area contributed by atoms with Crippen LogP contribution in [0.1, 0.15) is 49.6 Å². The Hall–Kier alpha value is -3.66. The molecule has 4 rings (SSSR count). The van der Waals surface area contributed by atoms with Crippen molar-refractivity contribution in [2.24, 2.45) is 0 Å². The van der Waals surface area contributed by atoms with Gasteiger partial charge in [0.15, 0.2) is 5.82 Å². The predicted octanol–water partition coefficient (Wildman–Crippen LogP) is 4.95. The lowest BCUT2D eigenvalue weighted by Gasteiger charge is -2.27. The number of imide groups is 1. The molecule has 0 fully saturated rings. The number of hydrogen-bond acceptors (Lipinski definition) is 5. The van der Waals surface area contributed by atoms with Gasteiger partial charge in [-0.3, -0.25) is 9.59 Å². The van der Waals surface area contributed by atoms with E-state index in [2.05, 4.69) is 0 Å². The number of anilines is 1. The summed E-state index contributed by atoms with van der Waals surface area (Å²) < 4.78 is 48.8. The van der Waals surface area contributed by atoms with E-state index in [0.29, 0.717) is 10.5 Å². The smallest absolute Gasteiger partial charge is 0.346 e. The average molecular weight is 489 g/mol. The highest BCUT2D eigenvalue weighted by molar-refractivity contribution is 7.12. The predicted molar refractivity (Wildman–Crippen MR) is 118 cm³/mol. The molecule has 1 unspecified atom stereocenters. The molecule has 0 radical (unpaired) electrons. The van der Waals surface area contributed by atoms with Crippen LogP contribution in [0.5, 0.6) is 5.75 Å². The number of nitrogens with zero attached hydrogens (tertiary/aromatic N) is 1. The van der Waals surface area contributed by atoms with Crippen LogP contribution in [-0.2, 0) is 17.6 Å². The number of ether oxygens (including phenoxy) is 1. The summed E-state index contributed by atoms with van der Waals surface area (Å²) in [6.45, 7) is 1.58. The summed E-state index contributed by atoms with van der Waals surface area (Å²) in [5.41, 5.74) is -0.124. The summed E-state index contributed by atoms with van der Waals surface area (Å²) in [5, 5.41) is 10.8. The number of fused-ring (bicyclic) bond motifs is 1. The largest absolute Gasteiger partial charge is 0.496 e. The van der Waals surface area contributed by atoms with Crippen LogP contribution in [0.4, 0.5) is 18.9 Å². The molecule has 2 heterocycles. The zero-order chi connectivity index (χ0) is 24.7. The van der Waals surface area contributed by atoms with Gasteiger partial charge < -0.3 is 9.84 Å². The first-order valence-corrected chi connectivity index (χ1v) is 11.0. The molecule has 1 aromatic heterocycles. The van der Waals surface area contributed by atoms with Crippen molar-refractivity contribution in [3.05, 3.63) is 80.3 Å². The lowest BCUT2D eigenvalue weighted by molar-refractivity contribution is -0.117. The van der Waals surface area contributed by atoms with Gasteiger partial charge in [-0.2, -0.15) is 0 Å². The summed E-state index contributed by atoms with van der Waals surface area (Å²) in [5.74, 6) is -6.04. The van der Waals surface area contributed by atoms with Crippen molar-refractivity contribution in [2.75, 3.05) is 12.0 Å². The van der Waals surface area contributed by atoms with Gasteiger partial charge in [-0.15, -0.1) is 11.3 Å². The first-order chi connectivity index (χ1) is 16.1. The molecule has 0 saturated heterocycles. The molecule has 1 atom stereocenters. The number of carbonyl (C=O) groups is 3. The number of thiophene rings is 1. The molecule has 1 aliphatic heterocycles. The van der Waals surface area contributed by atoms with Crippen LogP contribution in [0.2, 0.25) is 0 Å². The highest BCUT2D eigenvalue weighted by atomic mass is 32.1. The monoisotopic (exact) mass is 489 g/mol. The third kappa shape index (κ3) is 3.94. The molecule has 34 heavy (non-hydrogen) atoms. The molecule has 3 aromatic rings. The topological polar surface area (TPSA) is 83.9 Å². The van der Waals surface area contributed by atoms with Crippen molar-refractivity contribution in [3.8, 4) is 5.75 Å². The number of halogens is 3. The number of benzene rings is 2. The van der Waals surface area contributed by atoms with Gasteiger partial charge in [0.05, 0.1) is 24.8 Å². The van der Waals surface area contributed by atoms with E-state index in [-0.39, 0.29) is 45.8 Å². The van der Waals surface area contributed by atoms with E-state index >= 15 is 4.39 Å². The van der Waals surface area contributed by atoms with Crippen molar-refractivity contribution >= 4 is 34.8 Å². The van der Waals surface area contributed by atoms with Gasteiger partial charge in [0.1, 0.15) is 22.3 Å². The van der Waals surface area contributed by atoms with Gasteiger partial charge in [0.25, 0.3) is 5.91 Å². The number of carboxylic acid groups (broad SMARTS) is 1. The standard InChI is InChI=1S/C24H18F3NO5S/c1-11(20-14(25)4-3-5-15(20)26)6-12-7-17(16(27)9-18(12)33-2)28-19(29)8-13-10-34-22(24(31)32)21(13)23(28)30/h3-5,7,9-11H,6,8H2,1-2H3,(H,31,32). The molecule has 0 bridgehead atoms. The van der Waals surface area contributed by atoms with Crippen LogP contribution in [0, 0.1) is 17.5 Å². The molecule has 0 spiro atoms. The minimum absolute atomic E-state index is 0.00854. The second kappa shape index (κ2) is 8.94. The van der Waals surface area contributed by atoms with E-state index in [1.54, 1.807) is 6.92 Å². The first-order valence-electron chi connectivity index (χ1n) is 10.1. The maximum atomic E-state index is 15.0. The lowest BCUT2D eigenvalue weighted by atomic mass is 9.91. The molecular formula is C24H18F3NO5S. The number of amides is 2. The van der Waals surface area contributed by atoms with Gasteiger partial charge in [0, 0.05) is 11.6 Å². The number of methoxy groups -OCH3 is 1. The van der Waals surface area contributed by atoms with Crippen LogP contribution in [0.3, 0.4) is 0 Å². The second-order valence-electron chi connectivity index (χ2n) is 7.84. The summed E-state index contributed by atoms with van der Waals surface area (Å²) in [4.78, 5) is 37.8. The Bertz CT molecular complexity index is 1320. The molecule has 1 N–H and O–H groups in total. The first kappa shape index (κ1) is 23.5. The van der Waals surface area contributed by atoms with E-state index in [1.807, 2.05) is 0 Å². The van der Waals surface area contributed by atoms with Crippen LogP contribution >= 0.6 is 11.3 Å². The van der Waals surface area contributed by atoms with E-state index in [9.17, 15) is 28.3 Å². The maximum absolute atomic E-state index is 15.0. The number of carbonyl (C=O) groups excluding carboxylic acids is 2. The summed E-state index contributed by atoms with van der Waals surface area (Å²) >= 11 is 0.815. The van der Waals surface area contributed by atoms with E-state index in [1.165, 1.54) is 24.6 Å². The Labute approximate surface area is 196 Å². The van der Waals surface area contributed by atoms with Gasteiger partial charge >= 0.3 is 5.97 Å². The number of hydrogen-bond donors (Lipinski definition) is 1. The van der Waals surface area contributed by atoms with Gasteiger partial charge in [-0.25, -0.2) is 22.9 Å². The average Bonchev–Trinajstić information content (AvgIpc) is 3.19. The van der Waals surface area contributed by atoms with Crippen LogP contribution < -0.4 is 9.64 Å². The van der Waals surface area contributed by atoms with Crippen molar-refractivity contribution in [1.82, 2.24) is 0 Å². The number of rotatable bonds is 6. The molecule has 6 nitrogen and oxygen atoms in total. The summed E-state index contributed by atoms with van der Waals surface area (Å²) in [6.07, 6.45) is -0.267. The zero-order valence-corrected chi connectivity index (χ0v) is 18.8. The normalized spacial score (nSPS) is 14.2. The summed E-state index contributed by atoms with van der Waals surface area (Å²) in [7, 11) is 1.29. The Balaban J connectivity index is 1.77. The van der Waals surface area contributed by atoms with Crippen molar-refractivity contribution < 1.29 is 37.4 Å². The molecule has 0 saturated carbocycles. The Morgan fingerprint density at radius 3 is 2.47 bits per heavy atom. The highest BCUT2D eigenvalue weighted by Crippen LogP contribution is 2.37. The van der Waals surface area contributed by atoms with E-state index < -0.39 is 41.2 Å². The van der Waals surface area contributed by atoms with E-state index in [0.717, 1.165) is 29.5 Å². The minimum Gasteiger partial charge on any atom is -0.496 e. The number of carboxylic acids is 1. The minimum atomic E-state index is -1.33. The Kier molecular flexibility index (Phi) is 6.18. The fourth-order valence-corrected chi connectivity index (χ4v) is 5.05. The molecule has 0 aliphatic carbocycles. The molecule has 10 heteroatoms. The number of aromatic carboxylic acids is 1. The SMILES string of the molecule is COc1cc(F)c(N2C(=O)Cc3csc(C(=O)O)c3C2=O)cc1CC(C)c1c(F)cccc1F. The van der Waals surface area contributed by atoms with Gasteiger partial charge in [-0.05, 0) is 47.0 Å². The third-order valence-electron chi connectivity index (χ3n) is 5.68. The van der Waals surface area contributed by atoms with Crippen molar-refractivity contribution in [2.45, 2.75) is 25.7 Å². The fourth-order valence-electron chi connectivity index (χ4n) is 4.15. The lowest BCUT2D eigenvalue weighted by Crippen LogP contribution is -2.43. The van der Waals surface area contributed by atoms with Crippen molar-refractivity contribution in [1.29, 1.82) is 0 Å². The second-order valence-corrected chi connectivity index (χ2v) is 8.72. The maximum Gasteiger partial charge on any atom is 0.346 e. The third-order valence-corrected chi connectivity index (χ3v) is 6.70. The molecule has 2 amide bonds. The Morgan fingerprint density at radius 2 is 1.85 bits per heavy atom. The van der Waals surface area contributed by atoms with Crippen LogP contribution in [0.15, 0.2) is 35.7 Å². The quantitative estimate of drug-likeness (QED) is 0.496. The van der Waals surface area contributed by atoms with Crippen molar-refractivity contribution in [3.63, 3.8) is 0 Å². The fraction of sp³-hybridized carbons (Fsp3) is 0.208.